The van der Waals surface area contributed by atoms with E-state index in [9.17, 15) is 31.1 Å². The largest absolute Gasteiger partial charge is 0.434 e. The van der Waals surface area contributed by atoms with Gasteiger partial charge in [-0.3, -0.25) is 4.79 Å². The molecule has 3 aromatic rings. The lowest BCUT2D eigenvalue weighted by molar-refractivity contribution is -0.143. The third-order valence-corrected chi connectivity index (χ3v) is 4.17. The lowest BCUT2D eigenvalue weighted by Crippen LogP contribution is -2.15. The molecule has 136 valence electrons. The van der Waals surface area contributed by atoms with Crippen molar-refractivity contribution in [1.82, 2.24) is 14.8 Å². The number of aldehydes is 1. The maximum Gasteiger partial charge on any atom is 0.434 e. The average Bonchev–Trinajstić information content (AvgIpc) is 3.20. The molecule has 2 aromatic heterocycles. The van der Waals surface area contributed by atoms with Crippen LogP contribution in [0.3, 0.4) is 0 Å². The third kappa shape index (κ3) is 3.34. The minimum absolute atomic E-state index is 0.0215. The maximum atomic E-state index is 13.2. The van der Waals surface area contributed by atoms with Crippen LogP contribution in [0, 0.1) is 0 Å². The van der Waals surface area contributed by atoms with Gasteiger partial charge in [0.2, 0.25) is 5.13 Å². The van der Waals surface area contributed by atoms with Crippen molar-refractivity contribution >= 4 is 17.6 Å². The van der Waals surface area contributed by atoms with Crippen LogP contribution in [0.1, 0.15) is 21.6 Å². The quantitative estimate of drug-likeness (QED) is 0.474. The lowest BCUT2D eigenvalue weighted by Gasteiger charge is -2.09. The van der Waals surface area contributed by atoms with Gasteiger partial charge in [0.1, 0.15) is 0 Å². The van der Waals surface area contributed by atoms with Crippen molar-refractivity contribution in [3.8, 4) is 16.4 Å². The van der Waals surface area contributed by atoms with Crippen molar-refractivity contribution in [1.29, 1.82) is 0 Å². The number of carbonyl (C=O) groups is 1. The number of halogens is 6. The molecule has 0 unspecified atom stereocenters. The molecule has 4 nitrogen and oxygen atoms in total. The smallest absolute Gasteiger partial charge is 0.298 e. The number of rotatable bonds is 3. The second-order valence-electron chi connectivity index (χ2n) is 5.07. The number of aromatic nitrogens is 3. The van der Waals surface area contributed by atoms with Gasteiger partial charge < -0.3 is 0 Å². The number of hydrogen-bond donors (Lipinski definition) is 0. The van der Waals surface area contributed by atoms with Crippen LogP contribution >= 0.6 is 11.3 Å². The molecule has 0 N–H and O–H groups in total. The van der Waals surface area contributed by atoms with Gasteiger partial charge in [-0.05, 0) is 12.1 Å². The minimum atomic E-state index is -4.85. The molecule has 11 heteroatoms. The Hall–Kier alpha value is -2.69. The molecule has 0 fully saturated rings. The van der Waals surface area contributed by atoms with E-state index in [4.69, 9.17) is 0 Å². The normalized spacial score (nSPS) is 12.4. The lowest BCUT2D eigenvalue weighted by atomic mass is 10.1. The van der Waals surface area contributed by atoms with E-state index in [1.54, 1.807) is 0 Å². The Morgan fingerprint density at radius 2 is 1.81 bits per heavy atom. The van der Waals surface area contributed by atoms with E-state index in [1.807, 2.05) is 0 Å². The van der Waals surface area contributed by atoms with Gasteiger partial charge in [0, 0.05) is 10.9 Å². The first-order valence-corrected chi connectivity index (χ1v) is 7.73. The summed E-state index contributed by atoms with van der Waals surface area (Å²) in [6.45, 7) is 0. The third-order valence-electron chi connectivity index (χ3n) is 3.35. The second kappa shape index (κ2) is 6.24. The molecule has 3 rings (SSSR count). The molecule has 0 atom stereocenters. The van der Waals surface area contributed by atoms with Gasteiger partial charge >= 0.3 is 12.4 Å². The molecule has 0 aliphatic heterocycles. The van der Waals surface area contributed by atoms with Crippen LogP contribution in [0.25, 0.3) is 16.4 Å². The summed E-state index contributed by atoms with van der Waals surface area (Å²) in [4.78, 5) is 14.7. The fourth-order valence-electron chi connectivity index (χ4n) is 2.23. The van der Waals surface area contributed by atoms with E-state index in [0.29, 0.717) is 4.68 Å². The van der Waals surface area contributed by atoms with E-state index in [0.717, 1.165) is 29.7 Å². The van der Waals surface area contributed by atoms with Crippen LogP contribution in [0.5, 0.6) is 0 Å². The highest BCUT2D eigenvalue weighted by Gasteiger charge is 2.39. The molecular formula is C15H7F6N3OS. The minimum Gasteiger partial charge on any atom is -0.298 e. The summed E-state index contributed by atoms with van der Waals surface area (Å²) in [6, 6.07) is 4.27. The summed E-state index contributed by atoms with van der Waals surface area (Å²) < 4.78 is 78.3. The average molecular weight is 391 g/mol. The van der Waals surface area contributed by atoms with Crippen molar-refractivity contribution in [3.63, 3.8) is 0 Å². The Morgan fingerprint density at radius 1 is 1.08 bits per heavy atom. The van der Waals surface area contributed by atoms with Gasteiger partial charge in [-0.25, -0.2) is 9.67 Å². The van der Waals surface area contributed by atoms with E-state index in [-0.39, 0.29) is 22.7 Å². The predicted octanol–water partition coefficient (Wildman–Crippen LogP) is 4.85. The monoisotopic (exact) mass is 391 g/mol. The fraction of sp³-hybridized carbons (Fsp3) is 0.133. The van der Waals surface area contributed by atoms with Gasteiger partial charge in [0.25, 0.3) is 0 Å². The van der Waals surface area contributed by atoms with E-state index < -0.39 is 29.2 Å². The van der Waals surface area contributed by atoms with E-state index in [1.165, 1.54) is 17.5 Å². The summed E-state index contributed by atoms with van der Waals surface area (Å²) in [5, 5.41) is 4.61. The molecule has 0 saturated heterocycles. The van der Waals surface area contributed by atoms with Crippen LogP contribution in [0.4, 0.5) is 26.3 Å². The molecule has 0 amide bonds. The number of nitrogens with zero attached hydrogens (tertiary/aromatic N) is 3. The van der Waals surface area contributed by atoms with E-state index >= 15 is 0 Å². The Morgan fingerprint density at radius 3 is 2.42 bits per heavy atom. The Kier molecular flexibility index (Phi) is 4.34. The first-order valence-electron chi connectivity index (χ1n) is 6.85. The number of alkyl halides is 6. The highest BCUT2D eigenvalue weighted by Crippen LogP contribution is 2.35. The summed E-state index contributed by atoms with van der Waals surface area (Å²) in [5.41, 5.74) is -2.69. The van der Waals surface area contributed by atoms with Crippen LogP contribution in [-0.2, 0) is 12.4 Å². The SMILES string of the molecule is O=Cc1cnn(-c2nc(-c3cccc(C(F)(F)F)c3)cs2)c1C(F)(F)F. The van der Waals surface area contributed by atoms with Crippen molar-refractivity contribution in [2.75, 3.05) is 0 Å². The molecule has 0 bridgehead atoms. The standard InChI is InChI=1S/C15H7F6N3OS/c16-14(17,18)10-3-1-2-8(4-10)11-7-26-13(23-11)24-12(15(19,20)21)9(6-25)5-22-24/h1-7H. The topological polar surface area (TPSA) is 47.8 Å². The Labute approximate surface area is 145 Å². The van der Waals surface area contributed by atoms with Crippen molar-refractivity contribution in [2.45, 2.75) is 12.4 Å². The molecule has 0 aliphatic rings. The molecule has 0 radical (unpaired) electrons. The molecule has 2 heterocycles. The zero-order valence-corrected chi connectivity index (χ0v) is 13.3. The van der Waals surface area contributed by atoms with Crippen molar-refractivity contribution in [2.24, 2.45) is 0 Å². The number of hydrogen-bond acceptors (Lipinski definition) is 4. The van der Waals surface area contributed by atoms with Crippen LogP contribution in [0.2, 0.25) is 0 Å². The zero-order chi connectivity index (χ0) is 19.1. The first kappa shape index (κ1) is 18.1. The van der Waals surface area contributed by atoms with Gasteiger partial charge in [0.05, 0.1) is 23.0 Å². The van der Waals surface area contributed by atoms with Gasteiger partial charge in [-0.1, -0.05) is 12.1 Å². The summed E-state index contributed by atoms with van der Waals surface area (Å²) in [7, 11) is 0. The highest BCUT2D eigenvalue weighted by atomic mass is 32.1. The van der Waals surface area contributed by atoms with Gasteiger partial charge in [-0.2, -0.15) is 31.4 Å². The van der Waals surface area contributed by atoms with Crippen molar-refractivity contribution in [3.05, 3.63) is 52.7 Å². The molecular weight excluding hydrogens is 384 g/mol. The number of benzene rings is 1. The molecule has 26 heavy (non-hydrogen) atoms. The zero-order valence-electron chi connectivity index (χ0n) is 12.5. The molecule has 0 saturated carbocycles. The Balaban J connectivity index is 2.05. The Bertz CT molecular complexity index is 957. The van der Waals surface area contributed by atoms with Crippen LogP contribution < -0.4 is 0 Å². The maximum absolute atomic E-state index is 13.2. The predicted molar refractivity (Wildman–Crippen MR) is 80.1 cm³/mol. The number of carbonyl (C=O) groups excluding carboxylic acids is 1. The summed E-state index contributed by atoms with van der Waals surface area (Å²) in [5.74, 6) is 0. The summed E-state index contributed by atoms with van der Waals surface area (Å²) in [6.07, 6.45) is -8.64. The van der Waals surface area contributed by atoms with E-state index in [2.05, 4.69) is 10.1 Å². The summed E-state index contributed by atoms with van der Waals surface area (Å²) >= 11 is 0.757. The molecule has 1 aromatic carbocycles. The molecule has 0 spiro atoms. The van der Waals surface area contributed by atoms with Crippen LogP contribution in [-0.4, -0.2) is 21.1 Å². The van der Waals surface area contributed by atoms with Gasteiger partial charge in [-0.15, -0.1) is 11.3 Å². The highest BCUT2D eigenvalue weighted by molar-refractivity contribution is 7.12. The van der Waals surface area contributed by atoms with Crippen LogP contribution in [0.15, 0.2) is 35.8 Å². The second-order valence-corrected chi connectivity index (χ2v) is 5.91. The first-order chi connectivity index (χ1) is 12.1. The number of thiazole rings is 1. The fourth-order valence-corrected chi connectivity index (χ4v) is 3.02. The van der Waals surface area contributed by atoms with Gasteiger partial charge in [0.15, 0.2) is 12.0 Å². The van der Waals surface area contributed by atoms with Crippen molar-refractivity contribution < 1.29 is 31.1 Å². The molecule has 0 aliphatic carbocycles.